The van der Waals surface area contributed by atoms with E-state index >= 15 is 0 Å². The predicted octanol–water partition coefficient (Wildman–Crippen LogP) is 6.65. The van der Waals surface area contributed by atoms with E-state index in [4.69, 9.17) is 0 Å². The van der Waals surface area contributed by atoms with Gasteiger partial charge in [0, 0.05) is 22.5 Å². The maximum absolute atomic E-state index is 13.8. The number of hydrogen-bond acceptors (Lipinski definition) is 3. The summed E-state index contributed by atoms with van der Waals surface area (Å²) in [6.45, 7) is 0. The molecule has 36 heavy (non-hydrogen) atoms. The highest BCUT2D eigenvalue weighted by Gasteiger charge is 2.39. The fraction of sp³-hybridized carbons (Fsp3) is 0. The number of carbonyl (C=O) groups is 2. The van der Waals surface area contributed by atoms with Crippen molar-refractivity contribution in [2.24, 2.45) is 0 Å². The highest BCUT2D eigenvalue weighted by Crippen LogP contribution is 2.40. The zero-order valence-corrected chi connectivity index (χ0v) is 19.1. The number of rotatable bonds is 3. The molecule has 0 bridgehead atoms. The fourth-order valence-corrected chi connectivity index (χ4v) is 5.28. The summed E-state index contributed by atoms with van der Waals surface area (Å²) >= 11 is 0. The van der Waals surface area contributed by atoms with Crippen molar-refractivity contribution in [3.8, 4) is 16.9 Å². The lowest BCUT2D eigenvalue weighted by Gasteiger charge is -2.14. The van der Waals surface area contributed by atoms with Gasteiger partial charge in [-0.1, -0.05) is 60.7 Å². The molecule has 0 atom stereocenters. The molecule has 0 fully saturated rings. The van der Waals surface area contributed by atoms with E-state index in [9.17, 15) is 9.59 Å². The maximum Gasteiger partial charge on any atom is 0.268 e. The van der Waals surface area contributed by atoms with Crippen LogP contribution in [0.15, 0.2) is 115 Å². The highest BCUT2D eigenvalue weighted by molar-refractivity contribution is 6.35. The van der Waals surface area contributed by atoms with Crippen LogP contribution in [0.25, 0.3) is 38.8 Å². The van der Waals surface area contributed by atoms with Crippen LogP contribution in [0, 0.1) is 0 Å². The smallest absolute Gasteiger partial charge is 0.268 e. The molecule has 2 aromatic heterocycles. The number of carbonyl (C=O) groups excluding carboxylic acids is 2. The molecule has 1 aliphatic rings. The number of amides is 2. The SMILES string of the molecule is O=C1c2cccc(-n3c4ccccc4c4c(-c5ccccn5)cccc43)c2C(=O)N1c1ccccc1. The van der Waals surface area contributed by atoms with Gasteiger partial charge in [0.2, 0.25) is 0 Å². The molecule has 6 aromatic rings. The monoisotopic (exact) mass is 465 g/mol. The van der Waals surface area contributed by atoms with E-state index in [0.717, 1.165) is 33.1 Å². The van der Waals surface area contributed by atoms with Crippen LogP contribution in [0.2, 0.25) is 0 Å². The van der Waals surface area contributed by atoms with Gasteiger partial charge in [-0.3, -0.25) is 14.6 Å². The van der Waals surface area contributed by atoms with E-state index in [2.05, 4.69) is 27.8 Å². The van der Waals surface area contributed by atoms with Crippen molar-refractivity contribution in [1.82, 2.24) is 9.55 Å². The van der Waals surface area contributed by atoms with Gasteiger partial charge in [-0.25, -0.2) is 4.90 Å². The first-order valence-corrected chi connectivity index (χ1v) is 11.7. The molecular weight excluding hydrogens is 446 g/mol. The number of para-hydroxylation sites is 2. The highest BCUT2D eigenvalue weighted by atomic mass is 16.2. The summed E-state index contributed by atoms with van der Waals surface area (Å²) in [7, 11) is 0. The van der Waals surface area contributed by atoms with Gasteiger partial charge in [-0.05, 0) is 48.5 Å². The Morgan fingerprint density at radius 3 is 2.14 bits per heavy atom. The average molecular weight is 466 g/mol. The first-order valence-electron chi connectivity index (χ1n) is 11.7. The van der Waals surface area contributed by atoms with E-state index in [1.54, 1.807) is 24.4 Å². The van der Waals surface area contributed by atoms with Crippen molar-refractivity contribution in [3.63, 3.8) is 0 Å². The van der Waals surface area contributed by atoms with Crippen LogP contribution in [0.3, 0.4) is 0 Å². The Labute approximate surface area is 206 Å². The third kappa shape index (κ3) is 2.80. The van der Waals surface area contributed by atoms with Crippen LogP contribution >= 0.6 is 0 Å². The lowest BCUT2D eigenvalue weighted by Crippen LogP contribution is -2.29. The van der Waals surface area contributed by atoms with Crippen molar-refractivity contribution in [3.05, 3.63) is 127 Å². The number of benzene rings is 4. The second kappa shape index (κ2) is 7.75. The molecule has 0 radical (unpaired) electrons. The average Bonchev–Trinajstić information content (AvgIpc) is 3.41. The van der Waals surface area contributed by atoms with Gasteiger partial charge in [0.1, 0.15) is 0 Å². The van der Waals surface area contributed by atoms with Gasteiger partial charge in [-0.2, -0.15) is 0 Å². The Balaban J connectivity index is 1.54. The normalized spacial score (nSPS) is 13.1. The number of aromatic nitrogens is 2. The molecular formula is C31H19N3O2. The number of nitrogens with zero attached hydrogens (tertiary/aromatic N) is 3. The van der Waals surface area contributed by atoms with Crippen LogP contribution in [0.4, 0.5) is 5.69 Å². The van der Waals surface area contributed by atoms with Crippen LogP contribution in [0.1, 0.15) is 20.7 Å². The molecule has 3 heterocycles. The van der Waals surface area contributed by atoms with Crippen molar-refractivity contribution in [2.75, 3.05) is 4.90 Å². The minimum Gasteiger partial charge on any atom is -0.308 e. The summed E-state index contributed by atoms with van der Waals surface area (Å²) in [4.78, 5) is 33.0. The molecule has 0 N–H and O–H groups in total. The number of fused-ring (bicyclic) bond motifs is 4. The molecule has 0 saturated carbocycles. The minimum absolute atomic E-state index is 0.307. The van der Waals surface area contributed by atoms with E-state index in [-0.39, 0.29) is 11.8 Å². The minimum atomic E-state index is -0.316. The Morgan fingerprint density at radius 2 is 1.31 bits per heavy atom. The van der Waals surface area contributed by atoms with Gasteiger partial charge in [0.05, 0.1) is 39.2 Å². The molecule has 170 valence electrons. The van der Waals surface area contributed by atoms with Gasteiger partial charge < -0.3 is 4.57 Å². The molecule has 1 aliphatic heterocycles. The Bertz CT molecular complexity index is 1820. The second-order valence-corrected chi connectivity index (χ2v) is 8.75. The first kappa shape index (κ1) is 20.4. The van der Waals surface area contributed by atoms with Crippen LogP contribution in [-0.4, -0.2) is 21.4 Å². The third-order valence-electron chi connectivity index (χ3n) is 6.79. The standard InChI is InChI=1S/C31H19N3O2/c35-30-23-14-9-18-27(29(23)31(36)33(30)20-10-2-1-3-11-20)34-25-16-5-4-12-22(25)28-21(13-8-17-26(28)34)24-15-6-7-19-32-24/h1-19H. The van der Waals surface area contributed by atoms with E-state index in [0.29, 0.717) is 22.5 Å². The largest absolute Gasteiger partial charge is 0.308 e. The lowest BCUT2D eigenvalue weighted by molar-refractivity contribution is 0.0926. The lowest BCUT2D eigenvalue weighted by atomic mass is 10.0. The molecule has 5 nitrogen and oxygen atoms in total. The molecule has 0 aliphatic carbocycles. The van der Waals surface area contributed by atoms with Gasteiger partial charge in [0.15, 0.2) is 0 Å². The Morgan fingerprint density at radius 1 is 0.583 bits per heavy atom. The molecule has 5 heteroatoms. The number of anilines is 1. The molecule has 7 rings (SSSR count). The molecule has 0 saturated heterocycles. The number of imide groups is 1. The Kier molecular flexibility index (Phi) is 4.38. The summed E-state index contributed by atoms with van der Waals surface area (Å²) in [5.74, 6) is -0.624. The van der Waals surface area contributed by atoms with Gasteiger partial charge in [-0.15, -0.1) is 0 Å². The summed E-state index contributed by atoms with van der Waals surface area (Å²) in [6.07, 6.45) is 1.79. The predicted molar refractivity (Wildman–Crippen MR) is 142 cm³/mol. The quantitative estimate of drug-likeness (QED) is 0.275. The number of hydrogen-bond donors (Lipinski definition) is 0. The molecule has 2 amide bonds. The van der Waals surface area contributed by atoms with Crippen molar-refractivity contribution < 1.29 is 9.59 Å². The van der Waals surface area contributed by atoms with E-state index in [1.807, 2.05) is 72.8 Å². The summed E-state index contributed by atoms with van der Waals surface area (Å²) < 4.78 is 2.09. The fourth-order valence-electron chi connectivity index (χ4n) is 5.28. The first-order chi connectivity index (χ1) is 17.7. The molecule has 4 aromatic carbocycles. The molecule has 0 unspecified atom stereocenters. The summed E-state index contributed by atoms with van der Waals surface area (Å²) in [5, 5.41) is 2.11. The van der Waals surface area contributed by atoms with Crippen LogP contribution < -0.4 is 4.90 Å². The zero-order valence-electron chi connectivity index (χ0n) is 19.1. The van der Waals surface area contributed by atoms with E-state index < -0.39 is 0 Å². The van der Waals surface area contributed by atoms with Crippen molar-refractivity contribution in [2.45, 2.75) is 0 Å². The summed E-state index contributed by atoms with van der Waals surface area (Å²) in [5.41, 5.74) is 5.89. The van der Waals surface area contributed by atoms with Crippen molar-refractivity contribution >= 4 is 39.3 Å². The maximum atomic E-state index is 13.8. The Hall–Kier alpha value is -5.03. The topological polar surface area (TPSA) is 55.2 Å². The number of pyridine rings is 1. The zero-order chi connectivity index (χ0) is 24.2. The van der Waals surface area contributed by atoms with Crippen molar-refractivity contribution in [1.29, 1.82) is 0 Å². The van der Waals surface area contributed by atoms with E-state index in [1.165, 1.54) is 4.90 Å². The van der Waals surface area contributed by atoms with Crippen LogP contribution in [-0.2, 0) is 0 Å². The second-order valence-electron chi connectivity index (χ2n) is 8.75. The van der Waals surface area contributed by atoms with Gasteiger partial charge in [0.25, 0.3) is 11.8 Å². The van der Waals surface area contributed by atoms with Crippen LogP contribution in [0.5, 0.6) is 0 Å². The molecule has 0 spiro atoms. The van der Waals surface area contributed by atoms with Gasteiger partial charge >= 0.3 is 0 Å². The summed E-state index contributed by atoms with van der Waals surface area (Å²) in [6, 6.07) is 34.7. The third-order valence-corrected chi connectivity index (χ3v) is 6.79.